The molecule has 0 unspecified atom stereocenters. The molecule has 0 aliphatic heterocycles. The molecule has 0 aliphatic rings. The van der Waals surface area contributed by atoms with Crippen molar-refractivity contribution in [3.8, 4) is 0 Å². The van der Waals surface area contributed by atoms with Gasteiger partial charge in [-0.1, -0.05) is 17.7 Å². The molecule has 0 bridgehead atoms. The zero-order valence-corrected chi connectivity index (χ0v) is 8.65. The van der Waals surface area contributed by atoms with Crippen molar-refractivity contribution in [3.05, 3.63) is 47.5 Å². The van der Waals surface area contributed by atoms with Crippen LogP contribution in [0.15, 0.2) is 36.8 Å². The van der Waals surface area contributed by atoms with Gasteiger partial charge in [-0.25, -0.2) is 9.97 Å². The standard InChI is InChI=1S/C10H9ClN4/c11-8-5-13-10(14-6-8)15-7-9-3-1-2-4-12-9/h1-6H,7H2,(H,13,14,15). The van der Waals surface area contributed by atoms with Crippen LogP contribution in [0.5, 0.6) is 0 Å². The monoisotopic (exact) mass is 220 g/mol. The molecule has 15 heavy (non-hydrogen) atoms. The Labute approximate surface area is 92.4 Å². The third-order valence-corrected chi connectivity index (χ3v) is 1.97. The van der Waals surface area contributed by atoms with Crippen LogP contribution in [0, 0.1) is 0 Å². The van der Waals surface area contributed by atoms with Gasteiger partial charge in [-0.15, -0.1) is 0 Å². The first kappa shape index (κ1) is 9.86. The second kappa shape index (κ2) is 4.70. The van der Waals surface area contributed by atoms with Gasteiger partial charge in [0.25, 0.3) is 0 Å². The summed E-state index contributed by atoms with van der Waals surface area (Å²) in [4.78, 5) is 12.2. The molecule has 0 radical (unpaired) electrons. The predicted molar refractivity (Wildman–Crippen MR) is 58.6 cm³/mol. The van der Waals surface area contributed by atoms with Crippen molar-refractivity contribution >= 4 is 17.5 Å². The summed E-state index contributed by atoms with van der Waals surface area (Å²) in [6.07, 6.45) is 4.85. The Bertz CT molecular complexity index is 415. The molecule has 2 aromatic heterocycles. The van der Waals surface area contributed by atoms with Crippen molar-refractivity contribution in [3.63, 3.8) is 0 Å². The second-order valence-corrected chi connectivity index (χ2v) is 3.34. The first-order chi connectivity index (χ1) is 7.34. The van der Waals surface area contributed by atoms with Crippen LogP contribution in [-0.4, -0.2) is 15.0 Å². The summed E-state index contributed by atoms with van der Waals surface area (Å²) in [7, 11) is 0. The van der Waals surface area contributed by atoms with E-state index in [1.54, 1.807) is 18.6 Å². The number of hydrogen-bond donors (Lipinski definition) is 1. The van der Waals surface area contributed by atoms with Crippen molar-refractivity contribution in [2.24, 2.45) is 0 Å². The maximum atomic E-state index is 5.66. The van der Waals surface area contributed by atoms with Crippen LogP contribution in [0.25, 0.3) is 0 Å². The van der Waals surface area contributed by atoms with Gasteiger partial charge in [0.2, 0.25) is 5.95 Å². The van der Waals surface area contributed by atoms with Crippen LogP contribution in [0.4, 0.5) is 5.95 Å². The lowest BCUT2D eigenvalue weighted by atomic mass is 10.3. The second-order valence-electron chi connectivity index (χ2n) is 2.90. The van der Waals surface area contributed by atoms with Gasteiger partial charge in [0.05, 0.1) is 29.7 Å². The summed E-state index contributed by atoms with van der Waals surface area (Å²) in [6, 6.07) is 5.75. The van der Waals surface area contributed by atoms with Crippen molar-refractivity contribution < 1.29 is 0 Å². The summed E-state index contributed by atoms with van der Waals surface area (Å²) in [5.74, 6) is 0.546. The summed E-state index contributed by atoms with van der Waals surface area (Å²) in [5.41, 5.74) is 0.941. The summed E-state index contributed by atoms with van der Waals surface area (Å²) < 4.78 is 0. The maximum absolute atomic E-state index is 5.66. The van der Waals surface area contributed by atoms with E-state index in [4.69, 9.17) is 11.6 Å². The highest BCUT2D eigenvalue weighted by molar-refractivity contribution is 6.30. The first-order valence-electron chi connectivity index (χ1n) is 4.46. The number of hydrogen-bond acceptors (Lipinski definition) is 4. The van der Waals surface area contributed by atoms with Gasteiger partial charge >= 0.3 is 0 Å². The van der Waals surface area contributed by atoms with Gasteiger partial charge in [-0.2, -0.15) is 0 Å². The van der Waals surface area contributed by atoms with Gasteiger partial charge in [0.15, 0.2) is 0 Å². The van der Waals surface area contributed by atoms with E-state index in [0.29, 0.717) is 17.5 Å². The highest BCUT2D eigenvalue weighted by atomic mass is 35.5. The Balaban J connectivity index is 1.96. The third-order valence-electron chi connectivity index (χ3n) is 1.77. The van der Waals surface area contributed by atoms with Crippen molar-refractivity contribution in [2.75, 3.05) is 5.32 Å². The number of nitrogens with zero attached hydrogens (tertiary/aromatic N) is 3. The largest absolute Gasteiger partial charge is 0.349 e. The summed E-state index contributed by atoms with van der Waals surface area (Å²) >= 11 is 5.66. The highest BCUT2D eigenvalue weighted by Crippen LogP contribution is 2.06. The third kappa shape index (κ3) is 2.89. The molecule has 0 spiro atoms. The van der Waals surface area contributed by atoms with E-state index in [2.05, 4.69) is 20.3 Å². The lowest BCUT2D eigenvalue weighted by Gasteiger charge is -2.02. The number of halogens is 1. The Morgan fingerprint density at radius 2 is 1.93 bits per heavy atom. The molecule has 2 rings (SSSR count). The van der Waals surface area contributed by atoms with Crippen LogP contribution in [0.1, 0.15) is 5.69 Å². The van der Waals surface area contributed by atoms with Crippen molar-refractivity contribution in [2.45, 2.75) is 6.54 Å². The molecule has 0 aliphatic carbocycles. The molecule has 0 saturated carbocycles. The molecule has 5 heteroatoms. The fourth-order valence-corrected chi connectivity index (χ4v) is 1.17. The predicted octanol–water partition coefficient (Wildman–Crippen LogP) is 2.14. The Kier molecular flexibility index (Phi) is 3.09. The minimum absolute atomic E-state index is 0.526. The Morgan fingerprint density at radius 3 is 2.60 bits per heavy atom. The van der Waals surface area contributed by atoms with Crippen LogP contribution >= 0.6 is 11.6 Å². The van der Waals surface area contributed by atoms with E-state index in [-0.39, 0.29) is 0 Å². The molecule has 0 amide bonds. The van der Waals surface area contributed by atoms with E-state index in [1.807, 2.05) is 18.2 Å². The van der Waals surface area contributed by atoms with Crippen LogP contribution < -0.4 is 5.32 Å². The SMILES string of the molecule is Clc1cnc(NCc2ccccn2)nc1. The molecule has 4 nitrogen and oxygen atoms in total. The fraction of sp³-hybridized carbons (Fsp3) is 0.100. The molecule has 0 saturated heterocycles. The molecule has 76 valence electrons. The van der Waals surface area contributed by atoms with Gasteiger partial charge < -0.3 is 5.32 Å². The number of anilines is 1. The molecule has 1 N–H and O–H groups in total. The molecule has 0 fully saturated rings. The summed E-state index contributed by atoms with van der Waals surface area (Å²) in [5, 5.41) is 3.57. The zero-order chi connectivity index (χ0) is 10.5. The maximum Gasteiger partial charge on any atom is 0.222 e. The first-order valence-corrected chi connectivity index (χ1v) is 4.84. The van der Waals surface area contributed by atoms with Gasteiger partial charge in [-0.05, 0) is 12.1 Å². The Hall–Kier alpha value is -1.68. The molecular weight excluding hydrogens is 212 g/mol. The van der Waals surface area contributed by atoms with Crippen LogP contribution in [-0.2, 0) is 6.54 Å². The quantitative estimate of drug-likeness (QED) is 0.861. The molecule has 0 aromatic carbocycles. The van der Waals surface area contributed by atoms with Crippen LogP contribution in [0.2, 0.25) is 5.02 Å². The van der Waals surface area contributed by atoms with E-state index in [1.165, 1.54) is 0 Å². The van der Waals surface area contributed by atoms with E-state index in [0.717, 1.165) is 5.69 Å². The summed E-state index contributed by atoms with van der Waals surface area (Å²) in [6.45, 7) is 0.600. The van der Waals surface area contributed by atoms with E-state index < -0.39 is 0 Å². The molecular formula is C10H9ClN4. The average Bonchev–Trinajstić information content (AvgIpc) is 2.30. The number of pyridine rings is 1. The number of rotatable bonds is 3. The lowest BCUT2D eigenvalue weighted by Crippen LogP contribution is -2.04. The van der Waals surface area contributed by atoms with E-state index in [9.17, 15) is 0 Å². The highest BCUT2D eigenvalue weighted by Gasteiger charge is 1.96. The Morgan fingerprint density at radius 1 is 1.13 bits per heavy atom. The zero-order valence-electron chi connectivity index (χ0n) is 7.89. The van der Waals surface area contributed by atoms with Crippen molar-refractivity contribution in [1.82, 2.24) is 15.0 Å². The van der Waals surface area contributed by atoms with Crippen molar-refractivity contribution in [1.29, 1.82) is 0 Å². The van der Waals surface area contributed by atoms with E-state index >= 15 is 0 Å². The lowest BCUT2D eigenvalue weighted by molar-refractivity contribution is 1.00. The topological polar surface area (TPSA) is 50.7 Å². The number of nitrogens with one attached hydrogen (secondary N) is 1. The van der Waals surface area contributed by atoms with Crippen LogP contribution in [0.3, 0.4) is 0 Å². The minimum atomic E-state index is 0.526. The smallest absolute Gasteiger partial charge is 0.222 e. The number of aromatic nitrogens is 3. The van der Waals surface area contributed by atoms with Gasteiger partial charge in [0, 0.05) is 6.20 Å². The van der Waals surface area contributed by atoms with Gasteiger partial charge in [-0.3, -0.25) is 4.98 Å². The molecule has 0 atom stereocenters. The molecule has 2 aromatic rings. The van der Waals surface area contributed by atoms with Gasteiger partial charge in [0.1, 0.15) is 0 Å². The molecule has 2 heterocycles. The average molecular weight is 221 g/mol. The minimum Gasteiger partial charge on any atom is -0.349 e. The fourth-order valence-electron chi connectivity index (χ4n) is 1.08. The normalized spacial score (nSPS) is 9.93.